The number of nitrogens with zero attached hydrogens (tertiary/aromatic N) is 1. The zero-order valence-corrected chi connectivity index (χ0v) is 8.35. The smallest absolute Gasteiger partial charge is 0.320 e. The summed E-state index contributed by atoms with van der Waals surface area (Å²) in [5, 5.41) is 12.3. The summed E-state index contributed by atoms with van der Waals surface area (Å²) < 4.78 is 0. The Kier molecular flexibility index (Phi) is 2.15. The summed E-state index contributed by atoms with van der Waals surface area (Å²) in [5.74, 6) is 0.612. The Labute approximate surface area is 82.3 Å². The van der Waals surface area contributed by atoms with E-state index in [9.17, 15) is 4.79 Å². The quantitative estimate of drug-likeness (QED) is 0.664. The Morgan fingerprint density at radius 1 is 1.50 bits per heavy atom. The molecule has 5 nitrogen and oxygen atoms in total. The third kappa shape index (κ3) is 1.86. The van der Waals surface area contributed by atoms with Gasteiger partial charge in [-0.2, -0.15) is 5.10 Å². The molecule has 0 unspecified atom stereocenters. The van der Waals surface area contributed by atoms with Crippen LogP contribution in [0.25, 0.3) is 0 Å². The van der Waals surface area contributed by atoms with E-state index >= 15 is 0 Å². The highest BCUT2D eigenvalue weighted by atomic mass is 16.2. The molecule has 0 aromatic carbocycles. The molecular formula is C9H14N4O. The third-order valence-electron chi connectivity index (χ3n) is 2.40. The first-order chi connectivity index (χ1) is 6.66. The van der Waals surface area contributed by atoms with Gasteiger partial charge < -0.3 is 5.32 Å². The fourth-order valence-electron chi connectivity index (χ4n) is 1.16. The number of hydrogen-bond acceptors (Lipinski definition) is 2. The van der Waals surface area contributed by atoms with E-state index < -0.39 is 0 Å². The molecule has 2 rings (SSSR count). The predicted molar refractivity (Wildman–Crippen MR) is 53.2 cm³/mol. The van der Waals surface area contributed by atoms with Gasteiger partial charge in [0.05, 0.1) is 0 Å². The van der Waals surface area contributed by atoms with Gasteiger partial charge in [-0.3, -0.25) is 10.4 Å². The number of rotatable bonds is 2. The summed E-state index contributed by atoms with van der Waals surface area (Å²) in [6.45, 7) is 3.85. The maximum absolute atomic E-state index is 11.3. The molecule has 0 spiro atoms. The molecule has 1 fully saturated rings. The molecule has 0 atom stereocenters. The predicted octanol–water partition coefficient (Wildman–Crippen LogP) is 1.31. The maximum Gasteiger partial charge on any atom is 0.320 e. The van der Waals surface area contributed by atoms with Gasteiger partial charge in [0, 0.05) is 17.3 Å². The largest absolute Gasteiger partial charge is 0.335 e. The van der Waals surface area contributed by atoms with Crippen molar-refractivity contribution < 1.29 is 4.79 Å². The molecule has 1 heterocycles. The first-order valence-corrected chi connectivity index (χ1v) is 4.76. The first-order valence-electron chi connectivity index (χ1n) is 4.76. The van der Waals surface area contributed by atoms with E-state index in [1.807, 2.05) is 13.8 Å². The van der Waals surface area contributed by atoms with Crippen LogP contribution in [0.1, 0.15) is 24.1 Å². The van der Waals surface area contributed by atoms with E-state index in [2.05, 4.69) is 20.8 Å². The molecule has 0 aliphatic heterocycles. The Morgan fingerprint density at radius 2 is 2.21 bits per heavy atom. The van der Waals surface area contributed by atoms with Crippen molar-refractivity contribution in [1.82, 2.24) is 15.5 Å². The van der Waals surface area contributed by atoms with Crippen LogP contribution in [0, 0.1) is 13.8 Å². The number of H-pyrrole nitrogens is 1. The van der Waals surface area contributed by atoms with Crippen LogP contribution in [0.5, 0.6) is 0 Å². The van der Waals surface area contributed by atoms with Gasteiger partial charge in [-0.25, -0.2) is 4.79 Å². The summed E-state index contributed by atoms with van der Waals surface area (Å²) >= 11 is 0. The molecule has 1 aliphatic rings. The lowest BCUT2D eigenvalue weighted by molar-refractivity contribution is 0.251. The molecule has 5 heteroatoms. The van der Waals surface area contributed by atoms with Crippen LogP contribution < -0.4 is 10.6 Å². The van der Waals surface area contributed by atoms with Gasteiger partial charge in [0.25, 0.3) is 0 Å². The van der Waals surface area contributed by atoms with Gasteiger partial charge in [0.15, 0.2) is 5.82 Å². The van der Waals surface area contributed by atoms with Crippen LogP contribution in [0.3, 0.4) is 0 Å². The average Bonchev–Trinajstić information content (AvgIpc) is 2.89. The first kappa shape index (κ1) is 9.05. The second kappa shape index (κ2) is 3.32. The van der Waals surface area contributed by atoms with Gasteiger partial charge >= 0.3 is 6.03 Å². The third-order valence-corrected chi connectivity index (χ3v) is 2.40. The minimum Gasteiger partial charge on any atom is -0.335 e. The number of carbonyl (C=O) groups excluding carboxylic acids is 1. The van der Waals surface area contributed by atoms with Crippen LogP contribution in [-0.4, -0.2) is 22.3 Å². The zero-order valence-electron chi connectivity index (χ0n) is 8.35. The Morgan fingerprint density at radius 3 is 2.71 bits per heavy atom. The van der Waals surface area contributed by atoms with Gasteiger partial charge in [0.1, 0.15) is 0 Å². The number of aromatic nitrogens is 2. The number of urea groups is 1. The van der Waals surface area contributed by atoms with Crippen molar-refractivity contribution in [1.29, 1.82) is 0 Å². The lowest BCUT2D eigenvalue weighted by Gasteiger charge is -2.03. The highest BCUT2D eigenvalue weighted by molar-refractivity contribution is 5.89. The van der Waals surface area contributed by atoms with Crippen molar-refractivity contribution in [2.24, 2.45) is 0 Å². The molecule has 1 aromatic heterocycles. The topological polar surface area (TPSA) is 69.8 Å². The van der Waals surface area contributed by atoms with E-state index in [-0.39, 0.29) is 6.03 Å². The normalized spacial score (nSPS) is 15.3. The molecule has 14 heavy (non-hydrogen) atoms. The number of anilines is 1. The molecule has 0 radical (unpaired) electrons. The fourth-order valence-corrected chi connectivity index (χ4v) is 1.16. The number of amides is 2. The number of carbonyl (C=O) groups is 1. The van der Waals surface area contributed by atoms with E-state index in [1.54, 1.807) is 0 Å². The lowest BCUT2D eigenvalue weighted by atomic mass is 10.3. The second-order valence-corrected chi connectivity index (χ2v) is 3.69. The van der Waals surface area contributed by atoms with Crippen LogP contribution in [0.2, 0.25) is 0 Å². The molecular weight excluding hydrogens is 180 g/mol. The average molecular weight is 194 g/mol. The minimum atomic E-state index is -0.165. The molecule has 2 amide bonds. The van der Waals surface area contributed by atoms with Gasteiger partial charge in [-0.15, -0.1) is 0 Å². The highest BCUT2D eigenvalue weighted by Gasteiger charge is 2.23. The van der Waals surface area contributed by atoms with Crippen molar-refractivity contribution in [3.8, 4) is 0 Å². The summed E-state index contributed by atoms with van der Waals surface area (Å²) in [7, 11) is 0. The van der Waals surface area contributed by atoms with Crippen LogP contribution >= 0.6 is 0 Å². The van der Waals surface area contributed by atoms with Gasteiger partial charge in [-0.1, -0.05) is 0 Å². The van der Waals surface area contributed by atoms with Crippen molar-refractivity contribution in [3.63, 3.8) is 0 Å². The molecule has 0 bridgehead atoms. The number of hydrogen-bond donors (Lipinski definition) is 3. The molecule has 1 aliphatic carbocycles. The van der Waals surface area contributed by atoms with Crippen molar-refractivity contribution in [2.45, 2.75) is 32.7 Å². The molecule has 3 N–H and O–H groups in total. The van der Waals surface area contributed by atoms with Crippen LogP contribution in [-0.2, 0) is 0 Å². The van der Waals surface area contributed by atoms with Crippen molar-refractivity contribution in [3.05, 3.63) is 11.3 Å². The van der Waals surface area contributed by atoms with Crippen molar-refractivity contribution in [2.75, 3.05) is 5.32 Å². The summed E-state index contributed by atoms with van der Waals surface area (Å²) in [6.07, 6.45) is 2.18. The van der Waals surface area contributed by atoms with E-state index in [0.717, 1.165) is 24.1 Å². The SMILES string of the molecule is Cc1[nH]nc(NC(=O)NC2CC2)c1C. The standard InChI is InChI=1S/C9H14N4O/c1-5-6(2)12-13-8(5)11-9(14)10-7-3-4-7/h7H,3-4H2,1-2H3,(H3,10,11,12,13,14). The number of aryl methyl sites for hydroxylation is 1. The van der Waals surface area contributed by atoms with E-state index in [0.29, 0.717) is 11.9 Å². The summed E-state index contributed by atoms with van der Waals surface area (Å²) in [5.41, 5.74) is 1.96. The Balaban J connectivity index is 1.95. The molecule has 1 aromatic rings. The monoisotopic (exact) mass is 194 g/mol. The zero-order chi connectivity index (χ0) is 10.1. The van der Waals surface area contributed by atoms with Crippen molar-refractivity contribution >= 4 is 11.8 Å². The maximum atomic E-state index is 11.3. The molecule has 0 saturated heterocycles. The minimum absolute atomic E-state index is 0.165. The van der Waals surface area contributed by atoms with Gasteiger partial charge in [-0.05, 0) is 26.7 Å². The summed E-state index contributed by atoms with van der Waals surface area (Å²) in [6, 6.07) is 0.206. The highest BCUT2D eigenvalue weighted by Crippen LogP contribution is 2.19. The summed E-state index contributed by atoms with van der Waals surface area (Å²) in [4.78, 5) is 11.3. The van der Waals surface area contributed by atoms with Gasteiger partial charge in [0.2, 0.25) is 0 Å². The molecule has 1 saturated carbocycles. The fraction of sp³-hybridized carbons (Fsp3) is 0.556. The van der Waals surface area contributed by atoms with E-state index in [4.69, 9.17) is 0 Å². The Bertz CT molecular complexity index is 354. The number of aromatic amines is 1. The lowest BCUT2D eigenvalue weighted by Crippen LogP contribution is -2.30. The molecule has 76 valence electrons. The van der Waals surface area contributed by atoms with Crippen LogP contribution in [0.15, 0.2) is 0 Å². The Hall–Kier alpha value is -1.52. The van der Waals surface area contributed by atoms with E-state index in [1.165, 1.54) is 0 Å². The van der Waals surface area contributed by atoms with Crippen LogP contribution in [0.4, 0.5) is 10.6 Å². The second-order valence-electron chi connectivity index (χ2n) is 3.69. The number of nitrogens with one attached hydrogen (secondary N) is 3.